The third kappa shape index (κ3) is 5.43. The number of benzene rings is 2. The van der Waals surface area contributed by atoms with Crippen molar-refractivity contribution in [3.05, 3.63) is 71.5 Å². The summed E-state index contributed by atoms with van der Waals surface area (Å²) in [6.45, 7) is 8.27. The molecule has 2 heterocycles. The van der Waals surface area contributed by atoms with Crippen LogP contribution in [0.15, 0.2) is 54.6 Å². The van der Waals surface area contributed by atoms with E-state index in [1.165, 1.54) is 17.7 Å². The summed E-state index contributed by atoms with van der Waals surface area (Å²) in [5, 5.41) is 0. The zero-order valence-corrected chi connectivity index (χ0v) is 17.0. The molecule has 154 valence electrons. The van der Waals surface area contributed by atoms with E-state index in [2.05, 4.69) is 40.1 Å². The van der Waals surface area contributed by atoms with Crippen LogP contribution < -0.4 is 0 Å². The van der Waals surface area contributed by atoms with Gasteiger partial charge in [-0.1, -0.05) is 30.3 Å². The summed E-state index contributed by atoms with van der Waals surface area (Å²) in [5.74, 6) is 0.384. The summed E-state index contributed by atoms with van der Waals surface area (Å²) < 4.78 is 13.1. The predicted molar refractivity (Wildman–Crippen MR) is 113 cm³/mol. The standard InChI is InChI=1S/C24H30FN3O/c25-23-8-6-22(7-9-23)24(29)28-12-10-21(11-13-28)19-27-16-14-26(15-17-27)18-20-4-2-1-3-5-20/h1-9,21H,10-19H2. The molecule has 2 aromatic rings. The molecule has 2 saturated heterocycles. The Labute approximate surface area is 172 Å². The lowest BCUT2D eigenvalue weighted by Gasteiger charge is -2.39. The van der Waals surface area contributed by atoms with E-state index in [9.17, 15) is 9.18 Å². The maximum absolute atomic E-state index is 13.1. The highest BCUT2D eigenvalue weighted by Gasteiger charge is 2.26. The number of piperazine rings is 1. The number of hydrogen-bond donors (Lipinski definition) is 0. The third-order valence-electron chi connectivity index (χ3n) is 6.22. The monoisotopic (exact) mass is 395 g/mol. The molecule has 0 unspecified atom stereocenters. The Hall–Kier alpha value is -2.24. The van der Waals surface area contributed by atoms with Crippen molar-refractivity contribution in [2.75, 3.05) is 45.8 Å². The molecule has 2 aliphatic heterocycles. The van der Waals surface area contributed by atoms with Gasteiger partial charge in [0, 0.05) is 57.9 Å². The molecule has 0 radical (unpaired) electrons. The van der Waals surface area contributed by atoms with Crippen LogP contribution in [0.3, 0.4) is 0 Å². The van der Waals surface area contributed by atoms with E-state index in [1.807, 2.05) is 4.90 Å². The minimum Gasteiger partial charge on any atom is -0.339 e. The molecule has 0 atom stereocenters. The van der Waals surface area contributed by atoms with Gasteiger partial charge in [-0.3, -0.25) is 9.69 Å². The first kappa shape index (κ1) is 20.0. The van der Waals surface area contributed by atoms with Gasteiger partial charge in [-0.2, -0.15) is 0 Å². The van der Waals surface area contributed by atoms with Crippen LogP contribution in [0.4, 0.5) is 4.39 Å². The number of likely N-dealkylation sites (tertiary alicyclic amines) is 1. The maximum Gasteiger partial charge on any atom is 0.253 e. The fraction of sp³-hybridized carbons (Fsp3) is 0.458. The van der Waals surface area contributed by atoms with Gasteiger partial charge in [-0.15, -0.1) is 0 Å². The van der Waals surface area contributed by atoms with E-state index in [1.54, 1.807) is 12.1 Å². The number of carbonyl (C=O) groups is 1. The van der Waals surface area contributed by atoms with Crippen molar-refractivity contribution in [2.24, 2.45) is 5.92 Å². The molecule has 1 amide bonds. The lowest BCUT2D eigenvalue weighted by atomic mass is 9.95. The molecule has 0 bridgehead atoms. The fourth-order valence-electron chi connectivity index (χ4n) is 4.43. The summed E-state index contributed by atoms with van der Waals surface area (Å²) >= 11 is 0. The molecule has 2 fully saturated rings. The molecule has 5 heteroatoms. The molecular weight excluding hydrogens is 365 g/mol. The fourth-order valence-corrected chi connectivity index (χ4v) is 4.43. The van der Waals surface area contributed by atoms with Crippen molar-refractivity contribution in [2.45, 2.75) is 19.4 Å². The van der Waals surface area contributed by atoms with Crippen LogP contribution in [-0.2, 0) is 6.54 Å². The van der Waals surface area contributed by atoms with Gasteiger partial charge in [-0.25, -0.2) is 4.39 Å². The van der Waals surface area contributed by atoms with Gasteiger partial charge in [0.25, 0.3) is 5.91 Å². The van der Waals surface area contributed by atoms with Gasteiger partial charge in [0.1, 0.15) is 5.82 Å². The Balaban J connectivity index is 1.18. The topological polar surface area (TPSA) is 26.8 Å². The Morgan fingerprint density at radius 1 is 0.828 bits per heavy atom. The second kappa shape index (κ2) is 9.51. The van der Waals surface area contributed by atoms with E-state index in [0.717, 1.165) is 65.2 Å². The number of amides is 1. The molecule has 0 saturated carbocycles. The molecule has 0 aromatic heterocycles. The highest BCUT2D eigenvalue weighted by atomic mass is 19.1. The Kier molecular flexibility index (Phi) is 6.57. The van der Waals surface area contributed by atoms with Crippen LogP contribution in [0.5, 0.6) is 0 Å². The molecule has 0 aliphatic carbocycles. The number of rotatable bonds is 5. The smallest absolute Gasteiger partial charge is 0.253 e. The van der Waals surface area contributed by atoms with Gasteiger partial charge in [-0.05, 0) is 48.6 Å². The lowest BCUT2D eigenvalue weighted by Crippen LogP contribution is -2.48. The van der Waals surface area contributed by atoms with E-state index >= 15 is 0 Å². The van der Waals surface area contributed by atoms with Crippen LogP contribution >= 0.6 is 0 Å². The average Bonchev–Trinajstić information content (AvgIpc) is 2.76. The highest BCUT2D eigenvalue weighted by molar-refractivity contribution is 5.94. The van der Waals surface area contributed by atoms with Crippen LogP contribution in [0, 0.1) is 11.7 Å². The second-order valence-electron chi connectivity index (χ2n) is 8.30. The van der Waals surface area contributed by atoms with Gasteiger partial charge in [0.15, 0.2) is 0 Å². The van der Waals surface area contributed by atoms with Crippen molar-refractivity contribution in [1.29, 1.82) is 0 Å². The summed E-state index contributed by atoms with van der Waals surface area (Å²) in [7, 11) is 0. The first-order valence-corrected chi connectivity index (χ1v) is 10.7. The van der Waals surface area contributed by atoms with Gasteiger partial charge in [0.2, 0.25) is 0 Å². The zero-order valence-electron chi connectivity index (χ0n) is 17.0. The Bertz CT molecular complexity index is 780. The van der Waals surface area contributed by atoms with E-state index in [-0.39, 0.29) is 11.7 Å². The van der Waals surface area contributed by atoms with Crippen molar-refractivity contribution in [3.8, 4) is 0 Å². The first-order chi connectivity index (χ1) is 14.2. The molecule has 4 nitrogen and oxygen atoms in total. The summed E-state index contributed by atoms with van der Waals surface area (Å²) in [6, 6.07) is 16.6. The minimum absolute atomic E-state index is 0.0259. The average molecular weight is 396 g/mol. The van der Waals surface area contributed by atoms with Crippen molar-refractivity contribution in [1.82, 2.24) is 14.7 Å². The number of halogens is 1. The molecule has 4 rings (SSSR count). The van der Waals surface area contributed by atoms with Crippen LogP contribution in [0.1, 0.15) is 28.8 Å². The van der Waals surface area contributed by atoms with E-state index < -0.39 is 0 Å². The van der Waals surface area contributed by atoms with Crippen molar-refractivity contribution < 1.29 is 9.18 Å². The molecule has 0 spiro atoms. The van der Waals surface area contributed by atoms with Gasteiger partial charge >= 0.3 is 0 Å². The first-order valence-electron chi connectivity index (χ1n) is 10.7. The summed E-state index contributed by atoms with van der Waals surface area (Å²) in [5.41, 5.74) is 1.97. The van der Waals surface area contributed by atoms with Crippen LogP contribution in [-0.4, -0.2) is 66.4 Å². The molecular formula is C24H30FN3O. The van der Waals surface area contributed by atoms with E-state index in [4.69, 9.17) is 0 Å². The highest BCUT2D eigenvalue weighted by Crippen LogP contribution is 2.21. The molecule has 2 aromatic carbocycles. The number of nitrogens with zero attached hydrogens (tertiary/aromatic N) is 3. The predicted octanol–water partition coefficient (Wildman–Crippen LogP) is 3.50. The SMILES string of the molecule is O=C(c1ccc(F)cc1)N1CCC(CN2CCN(Cc3ccccc3)CC2)CC1. The minimum atomic E-state index is -0.302. The van der Waals surface area contributed by atoms with Crippen molar-refractivity contribution >= 4 is 5.91 Å². The zero-order chi connectivity index (χ0) is 20.1. The van der Waals surface area contributed by atoms with Gasteiger partial charge < -0.3 is 9.80 Å². The van der Waals surface area contributed by atoms with Crippen LogP contribution in [0.25, 0.3) is 0 Å². The van der Waals surface area contributed by atoms with Crippen molar-refractivity contribution in [3.63, 3.8) is 0 Å². The second-order valence-corrected chi connectivity index (χ2v) is 8.30. The van der Waals surface area contributed by atoms with Gasteiger partial charge in [0.05, 0.1) is 0 Å². The molecule has 0 N–H and O–H groups in total. The third-order valence-corrected chi connectivity index (χ3v) is 6.22. The number of piperidine rings is 1. The molecule has 29 heavy (non-hydrogen) atoms. The maximum atomic E-state index is 13.1. The quantitative estimate of drug-likeness (QED) is 0.775. The number of carbonyl (C=O) groups excluding carboxylic acids is 1. The molecule has 2 aliphatic rings. The normalized spacial score (nSPS) is 19.4. The summed E-state index contributed by atoms with van der Waals surface area (Å²) in [4.78, 5) is 19.6. The Morgan fingerprint density at radius 3 is 2.10 bits per heavy atom. The largest absolute Gasteiger partial charge is 0.339 e. The summed E-state index contributed by atoms with van der Waals surface area (Å²) in [6.07, 6.45) is 2.11. The van der Waals surface area contributed by atoms with E-state index in [0.29, 0.717) is 11.5 Å². The lowest BCUT2D eigenvalue weighted by molar-refractivity contribution is 0.0629. The van der Waals surface area contributed by atoms with Crippen LogP contribution in [0.2, 0.25) is 0 Å². The Morgan fingerprint density at radius 2 is 1.45 bits per heavy atom. The number of hydrogen-bond acceptors (Lipinski definition) is 3.